The third-order valence-corrected chi connectivity index (χ3v) is 4.78. The van der Waals surface area contributed by atoms with Crippen LogP contribution in [0.4, 0.5) is 0 Å². The number of nitrogens with two attached hydrogens (primary N) is 1. The Labute approximate surface area is 142 Å². The monoisotopic (exact) mass is 318 g/mol. The van der Waals surface area contributed by atoms with Crippen LogP contribution in [0.1, 0.15) is 17.0 Å². The van der Waals surface area contributed by atoms with Gasteiger partial charge in [0.25, 0.3) is 0 Å². The Kier molecular flexibility index (Phi) is 4.15. The van der Waals surface area contributed by atoms with E-state index >= 15 is 0 Å². The first kappa shape index (κ1) is 15.1. The summed E-state index contributed by atoms with van der Waals surface area (Å²) < 4.78 is 1.88. The van der Waals surface area contributed by atoms with Crippen molar-refractivity contribution in [2.24, 2.45) is 5.73 Å². The molecular weight excluding hydrogens is 296 g/mol. The molecule has 0 saturated carbocycles. The Morgan fingerprint density at radius 2 is 1.75 bits per heavy atom. The van der Waals surface area contributed by atoms with Gasteiger partial charge in [-0.15, -0.1) is 0 Å². The molecule has 0 bridgehead atoms. The van der Waals surface area contributed by atoms with Crippen molar-refractivity contribution in [2.75, 3.05) is 13.1 Å². The topological polar surface area (TPSA) is 47.1 Å². The third-order valence-electron chi connectivity index (χ3n) is 4.78. The molecule has 1 aliphatic rings. The van der Waals surface area contributed by atoms with E-state index in [4.69, 9.17) is 5.73 Å². The highest BCUT2D eigenvalue weighted by Crippen LogP contribution is 2.27. The maximum atomic E-state index is 6.39. The third kappa shape index (κ3) is 3.11. The molecule has 24 heavy (non-hydrogen) atoms. The van der Waals surface area contributed by atoms with Crippen LogP contribution in [-0.4, -0.2) is 33.8 Å². The van der Waals surface area contributed by atoms with Crippen molar-refractivity contribution in [3.63, 3.8) is 0 Å². The summed E-state index contributed by atoms with van der Waals surface area (Å²) in [5.74, 6) is 0.426. The van der Waals surface area contributed by atoms with Crippen LogP contribution in [0.2, 0.25) is 0 Å². The molecule has 122 valence electrons. The van der Waals surface area contributed by atoms with Crippen molar-refractivity contribution >= 4 is 0 Å². The van der Waals surface area contributed by atoms with Crippen molar-refractivity contribution in [2.45, 2.75) is 18.5 Å². The lowest BCUT2D eigenvalue weighted by atomic mass is 9.95. The summed E-state index contributed by atoms with van der Waals surface area (Å²) in [7, 11) is 0. The van der Waals surface area contributed by atoms with Crippen molar-refractivity contribution in [1.82, 2.24) is 14.7 Å². The highest BCUT2D eigenvalue weighted by Gasteiger charge is 2.30. The summed E-state index contributed by atoms with van der Waals surface area (Å²) in [6.45, 7) is 2.91. The second-order valence-corrected chi connectivity index (χ2v) is 6.49. The van der Waals surface area contributed by atoms with Gasteiger partial charge in [-0.2, -0.15) is 5.10 Å². The second-order valence-electron chi connectivity index (χ2n) is 6.49. The van der Waals surface area contributed by atoms with E-state index in [0.29, 0.717) is 5.92 Å². The van der Waals surface area contributed by atoms with Crippen LogP contribution in [0.15, 0.2) is 73.1 Å². The Hall–Kier alpha value is -2.43. The van der Waals surface area contributed by atoms with E-state index in [1.165, 1.54) is 11.1 Å². The van der Waals surface area contributed by atoms with E-state index < -0.39 is 0 Å². The summed E-state index contributed by atoms with van der Waals surface area (Å²) in [6, 6.07) is 21.4. The van der Waals surface area contributed by atoms with Gasteiger partial charge in [0.1, 0.15) is 0 Å². The number of hydrogen-bond donors (Lipinski definition) is 1. The number of likely N-dealkylation sites (tertiary alicyclic amines) is 1. The number of nitrogens with zero attached hydrogens (tertiary/aromatic N) is 3. The van der Waals surface area contributed by atoms with E-state index in [1.54, 1.807) is 6.20 Å². The van der Waals surface area contributed by atoms with Gasteiger partial charge in [-0.05, 0) is 29.3 Å². The zero-order valence-corrected chi connectivity index (χ0v) is 13.6. The molecule has 4 heteroatoms. The molecule has 2 atom stereocenters. The van der Waals surface area contributed by atoms with Crippen LogP contribution in [0.3, 0.4) is 0 Å². The van der Waals surface area contributed by atoms with Crippen molar-refractivity contribution in [1.29, 1.82) is 0 Å². The number of benzene rings is 2. The predicted octanol–water partition coefficient (Wildman–Crippen LogP) is 2.80. The fourth-order valence-electron chi connectivity index (χ4n) is 3.53. The molecule has 1 aliphatic heterocycles. The molecule has 4 rings (SSSR count). The quantitative estimate of drug-likeness (QED) is 0.804. The fourth-order valence-corrected chi connectivity index (χ4v) is 3.53. The van der Waals surface area contributed by atoms with Crippen LogP contribution in [0.5, 0.6) is 0 Å². The van der Waals surface area contributed by atoms with Crippen LogP contribution in [0.25, 0.3) is 5.69 Å². The normalized spacial score (nSPS) is 21.2. The molecule has 1 aromatic heterocycles. The Balaban J connectivity index is 1.43. The van der Waals surface area contributed by atoms with Gasteiger partial charge in [0, 0.05) is 44.0 Å². The van der Waals surface area contributed by atoms with Crippen LogP contribution < -0.4 is 5.73 Å². The molecule has 4 nitrogen and oxygen atoms in total. The molecule has 2 heterocycles. The van der Waals surface area contributed by atoms with Gasteiger partial charge in [-0.1, -0.05) is 42.5 Å². The molecule has 0 unspecified atom stereocenters. The highest BCUT2D eigenvalue weighted by molar-refractivity contribution is 5.34. The van der Waals surface area contributed by atoms with Gasteiger partial charge in [0.2, 0.25) is 0 Å². The van der Waals surface area contributed by atoms with Gasteiger partial charge >= 0.3 is 0 Å². The second kappa shape index (κ2) is 6.59. The number of aromatic nitrogens is 2. The largest absolute Gasteiger partial charge is 0.326 e. The van der Waals surface area contributed by atoms with E-state index in [9.17, 15) is 0 Å². The molecular formula is C20H22N4. The first-order chi connectivity index (χ1) is 11.8. The Morgan fingerprint density at radius 3 is 2.46 bits per heavy atom. The fraction of sp³-hybridized carbons (Fsp3) is 0.250. The summed E-state index contributed by atoms with van der Waals surface area (Å²) in [5.41, 5.74) is 10.1. The first-order valence-corrected chi connectivity index (χ1v) is 8.41. The Morgan fingerprint density at radius 1 is 0.958 bits per heavy atom. The minimum Gasteiger partial charge on any atom is -0.326 e. The maximum Gasteiger partial charge on any atom is 0.0645 e. The molecule has 2 aromatic carbocycles. The van der Waals surface area contributed by atoms with Crippen molar-refractivity contribution in [3.05, 3.63) is 84.2 Å². The minimum atomic E-state index is 0.204. The lowest BCUT2D eigenvalue weighted by molar-refractivity contribution is 0.324. The van der Waals surface area contributed by atoms with Crippen LogP contribution in [0, 0.1) is 0 Å². The summed E-state index contributed by atoms with van der Waals surface area (Å²) in [5, 5.41) is 4.26. The number of rotatable bonds is 4. The average molecular weight is 318 g/mol. The number of hydrogen-bond acceptors (Lipinski definition) is 3. The predicted molar refractivity (Wildman–Crippen MR) is 96.0 cm³/mol. The molecule has 1 fully saturated rings. The lowest BCUT2D eigenvalue weighted by Gasteiger charge is -2.16. The standard InChI is InChI=1S/C20H22N4/c21-20-15-23(14-19(20)17-5-2-1-3-6-17)13-16-7-9-18(10-8-16)24-12-4-11-22-24/h1-12,19-20H,13-15,21H2/t19-,20+/m0/s1. The van der Waals surface area contributed by atoms with E-state index in [-0.39, 0.29) is 6.04 Å². The summed E-state index contributed by atoms with van der Waals surface area (Å²) in [4.78, 5) is 2.45. The SMILES string of the molecule is N[C@@H]1CN(Cc2ccc(-n3cccn3)cc2)C[C@H]1c1ccccc1. The van der Waals surface area contributed by atoms with Crippen LogP contribution in [-0.2, 0) is 6.54 Å². The van der Waals surface area contributed by atoms with Crippen LogP contribution >= 0.6 is 0 Å². The molecule has 0 amide bonds. The smallest absolute Gasteiger partial charge is 0.0645 e. The summed E-state index contributed by atoms with van der Waals surface area (Å²) >= 11 is 0. The average Bonchev–Trinajstić information content (AvgIpc) is 3.26. The van der Waals surface area contributed by atoms with Gasteiger partial charge < -0.3 is 5.73 Å². The molecule has 3 aromatic rings. The lowest BCUT2D eigenvalue weighted by Crippen LogP contribution is -2.28. The van der Waals surface area contributed by atoms with Gasteiger partial charge in [-0.3, -0.25) is 4.90 Å². The summed E-state index contributed by atoms with van der Waals surface area (Å²) in [6.07, 6.45) is 3.75. The van der Waals surface area contributed by atoms with Crippen molar-refractivity contribution < 1.29 is 0 Å². The van der Waals surface area contributed by atoms with E-state index in [2.05, 4.69) is 64.6 Å². The molecule has 0 spiro atoms. The molecule has 0 radical (unpaired) electrons. The minimum absolute atomic E-state index is 0.204. The van der Waals surface area contributed by atoms with E-state index in [1.807, 2.05) is 16.9 Å². The molecule has 2 N–H and O–H groups in total. The Bertz CT molecular complexity index is 765. The molecule has 1 saturated heterocycles. The van der Waals surface area contributed by atoms with Gasteiger partial charge in [-0.25, -0.2) is 4.68 Å². The highest BCUT2D eigenvalue weighted by atomic mass is 15.3. The van der Waals surface area contributed by atoms with Crippen molar-refractivity contribution in [3.8, 4) is 5.69 Å². The van der Waals surface area contributed by atoms with Gasteiger partial charge in [0.05, 0.1) is 5.69 Å². The maximum absolute atomic E-state index is 6.39. The molecule has 0 aliphatic carbocycles. The van der Waals surface area contributed by atoms with Gasteiger partial charge in [0.15, 0.2) is 0 Å². The zero-order valence-electron chi connectivity index (χ0n) is 13.6. The first-order valence-electron chi connectivity index (χ1n) is 8.41. The van der Waals surface area contributed by atoms with E-state index in [0.717, 1.165) is 25.3 Å². The zero-order chi connectivity index (χ0) is 16.4.